The smallest absolute Gasteiger partial charge is 0.417 e. The Morgan fingerprint density at radius 3 is 2.05 bits per heavy atom. The van der Waals surface area contributed by atoms with Gasteiger partial charge in [-0.25, -0.2) is 0 Å². The lowest BCUT2D eigenvalue weighted by Gasteiger charge is -2.29. The molecule has 0 saturated heterocycles. The molecule has 0 aliphatic rings. The van der Waals surface area contributed by atoms with Gasteiger partial charge in [0.25, 0.3) is 0 Å². The first-order valence-corrected chi connectivity index (χ1v) is 14.5. The summed E-state index contributed by atoms with van der Waals surface area (Å²) in [6, 6.07) is 32.0. The molecule has 0 radical (unpaired) electrons. The molecule has 0 fully saturated rings. The van der Waals surface area contributed by atoms with Gasteiger partial charge in [-0.05, 0) is 60.7 Å². The fourth-order valence-corrected chi connectivity index (χ4v) is 5.44. The highest BCUT2D eigenvalue weighted by Gasteiger charge is 2.34. The molecule has 0 saturated carbocycles. The van der Waals surface area contributed by atoms with Crippen LogP contribution in [0.15, 0.2) is 103 Å². The number of benzene rings is 4. The Hall–Kier alpha value is -3.32. The zero-order valence-corrected chi connectivity index (χ0v) is 24.7. The normalized spacial score (nSPS) is 12.2. The van der Waals surface area contributed by atoms with Crippen LogP contribution in [0.5, 0.6) is 5.75 Å². The van der Waals surface area contributed by atoms with E-state index in [1.165, 1.54) is 6.07 Å². The van der Waals surface area contributed by atoms with Crippen molar-refractivity contribution in [3.05, 3.63) is 136 Å². The van der Waals surface area contributed by atoms with Gasteiger partial charge in [-0.2, -0.15) is 13.2 Å². The summed E-state index contributed by atoms with van der Waals surface area (Å²) >= 11 is 6.32. The molecule has 0 aliphatic heterocycles. The topological polar surface area (TPSA) is 32.7 Å². The molecule has 0 bridgehead atoms. The molecule has 7 heteroatoms. The van der Waals surface area contributed by atoms with Gasteiger partial charge in [-0.3, -0.25) is 4.90 Å². The first kappa shape index (κ1) is 31.6. The van der Waals surface area contributed by atoms with Crippen LogP contribution < -0.4 is 4.74 Å². The summed E-state index contributed by atoms with van der Waals surface area (Å²) in [4.78, 5) is 2.15. The minimum atomic E-state index is -4.53. The van der Waals surface area contributed by atoms with Gasteiger partial charge >= 0.3 is 6.18 Å². The second-order valence-corrected chi connectivity index (χ2v) is 11.6. The van der Waals surface area contributed by atoms with Crippen molar-refractivity contribution >= 4 is 11.6 Å². The Labute approximate surface area is 251 Å². The molecular formula is C35H37ClF3NO2. The molecule has 0 amide bonds. The highest BCUT2D eigenvalue weighted by Crippen LogP contribution is 2.37. The molecule has 0 heterocycles. The third-order valence-electron chi connectivity index (χ3n) is 7.05. The third kappa shape index (κ3) is 9.35. The van der Waals surface area contributed by atoms with Crippen LogP contribution in [-0.4, -0.2) is 35.3 Å². The van der Waals surface area contributed by atoms with E-state index in [0.29, 0.717) is 38.1 Å². The molecular weight excluding hydrogens is 559 g/mol. The lowest BCUT2D eigenvalue weighted by molar-refractivity contribution is -0.137. The van der Waals surface area contributed by atoms with Crippen LogP contribution in [0.3, 0.4) is 0 Å². The van der Waals surface area contributed by atoms with E-state index in [4.69, 9.17) is 16.3 Å². The molecule has 0 unspecified atom stereocenters. The van der Waals surface area contributed by atoms with Crippen molar-refractivity contribution in [3.8, 4) is 5.75 Å². The summed E-state index contributed by atoms with van der Waals surface area (Å²) in [6.07, 6.45) is -3.36. The summed E-state index contributed by atoms with van der Waals surface area (Å²) in [5, 5.41) is 9.90. The average Bonchev–Trinajstić information content (AvgIpc) is 2.94. The number of hydrogen-bond acceptors (Lipinski definition) is 3. The minimum absolute atomic E-state index is 0.0106. The van der Waals surface area contributed by atoms with Crippen LogP contribution in [0.1, 0.15) is 54.0 Å². The lowest BCUT2D eigenvalue weighted by atomic mass is 9.90. The zero-order valence-electron chi connectivity index (χ0n) is 23.9. The van der Waals surface area contributed by atoms with Gasteiger partial charge in [0.1, 0.15) is 5.75 Å². The van der Waals surface area contributed by atoms with Gasteiger partial charge in [0.05, 0.1) is 22.8 Å². The fraction of sp³-hybridized carbons (Fsp3) is 0.314. The van der Waals surface area contributed by atoms with Crippen molar-refractivity contribution in [2.24, 2.45) is 0 Å². The molecule has 4 aromatic rings. The molecule has 0 atom stereocenters. The van der Waals surface area contributed by atoms with Crippen molar-refractivity contribution in [2.75, 3.05) is 19.7 Å². The Bertz CT molecular complexity index is 1370. The summed E-state index contributed by atoms with van der Waals surface area (Å²) < 4.78 is 46.9. The van der Waals surface area contributed by atoms with Gasteiger partial charge in [0.2, 0.25) is 0 Å². The standard InChI is InChI=1S/C35H37ClF3NO2/c1-34(2,41)23-26-12-9-18-30(22-26)42-21-11-20-40(24-29-17-10-19-32(33(29)36)35(37,38)39)25-31(27-13-5-3-6-14-27)28-15-7-4-8-16-28/h3-10,12-19,22,31,41H,11,20-21,23-25H2,1-2H3. The van der Waals surface area contributed by atoms with Crippen molar-refractivity contribution in [2.45, 2.75) is 50.9 Å². The SMILES string of the molecule is CC(C)(O)Cc1cccc(OCCCN(Cc2cccc(C(F)(F)F)c2Cl)CC(c2ccccc2)c2ccccc2)c1. The molecule has 1 N–H and O–H groups in total. The van der Waals surface area contributed by atoms with E-state index in [2.05, 4.69) is 29.2 Å². The van der Waals surface area contributed by atoms with E-state index in [1.54, 1.807) is 19.9 Å². The number of hydrogen-bond donors (Lipinski definition) is 1. The average molecular weight is 596 g/mol. The highest BCUT2D eigenvalue weighted by atomic mass is 35.5. The number of nitrogens with zero attached hydrogens (tertiary/aromatic N) is 1. The molecule has 3 nitrogen and oxygen atoms in total. The Morgan fingerprint density at radius 2 is 1.45 bits per heavy atom. The maximum atomic E-state index is 13.6. The van der Waals surface area contributed by atoms with Crippen molar-refractivity contribution in [3.63, 3.8) is 0 Å². The summed E-state index contributed by atoms with van der Waals surface area (Å²) in [7, 11) is 0. The molecule has 222 valence electrons. The maximum absolute atomic E-state index is 13.6. The molecule has 0 aromatic heterocycles. The largest absolute Gasteiger partial charge is 0.494 e. The molecule has 4 rings (SSSR count). The van der Waals surface area contributed by atoms with Gasteiger partial charge < -0.3 is 9.84 Å². The van der Waals surface area contributed by atoms with Gasteiger partial charge in [0, 0.05) is 32.0 Å². The summed E-state index contributed by atoms with van der Waals surface area (Å²) in [6.45, 7) is 5.40. The molecule has 0 aliphatic carbocycles. The second-order valence-electron chi connectivity index (χ2n) is 11.2. The molecule has 4 aromatic carbocycles. The number of halogens is 4. The van der Waals surface area contributed by atoms with E-state index < -0.39 is 17.3 Å². The van der Waals surface area contributed by atoms with E-state index in [1.807, 2.05) is 60.7 Å². The fourth-order valence-electron chi connectivity index (χ4n) is 5.15. The van der Waals surface area contributed by atoms with Crippen molar-refractivity contribution < 1.29 is 23.0 Å². The quantitative estimate of drug-likeness (QED) is 0.157. The number of ether oxygens (including phenoxy) is 1. The van der Waals surface area contributed by atoms with E-state index >= 15 is 0 Å². The summed E-state index contributed by atoms with van der Waals surface area (Å²) in [5.41, 5.74) is 2.03. The van der Waals surface area contributed by atoms with Gasteiger partial charge in [-0.1, -0.05) is 96.5 Å². The van der Waals surface area contributed by atoms with Crippen molar-refractivity contribution in [1.82, 2.24) is 4.90 Å². The van der Waals surface area contributed by atoms with Crippen LogP contribution in [0.25, 0.3) is 0 Å². The molecule has 0 spiro atoms. The van der Waals surface area contributed by atoms with Crippen LogP contribution in [-0.2, 0) is 19.1 Å². The maximum Gasteiger partial charge on any atom is 0.417 e. The van der Waals surface area contributed by atoms with E-state index in [-0.39, 0.29) is 17.5 Å². The first-order valence-electron chi connectivity index (χ1n) is 14.1. The molecule has 42 heavy (non-hydrogen) atoms. The second kappa shape index (κ2) is 14.2. The first-order chi connectivity index (χ1) is 20.0. The Kier molecular flexibility index (Phi) is 10.7. The van der Waals surface area contributed by atoms with E-state index in [9.17, 15) is 18.3 Å². The lowest BCUT2D eigenvalue weighted by Crippen LogP contribution is -2.31. The zero-order chi connectivity index (χ0) is 30.2. The minimum Gasteiger partial charge on any atom is -0.494 e. The number of aliphatic hydroxyl groups is 1. The third-order valence-corrected chi connectivity index (χ3v) is 7.49. The predicted octanol–water partition coefficient (Wildman–Crippen LogP) is 8.78. The highest BCUT2D eigenvalue weighted by molar-refractivity contribution is 6.32. The van der Waals surface area contributed by atoms with Gasteiger partial charge in [0.15, 0.2) is 0 Å². The van der Waals surface area contributed by atoms with Crippen LogP contribution in [0, 0.1) is 0 Å². The van der Waals surface area contributed by atoms with Crippen LogP contribution in [0.4, 0.5) is 13.2 Å². The monoisotopic (exact) mass is 595 g/mol. The number of rotatable bonds is 13. The van der Waals surface area contributed by atoms with Gasteiger partial charge in [-0.15, -0.1) is 0 Å². The van der Waals surface area contributed by atoms with Crippen molar-refractivity contribution in [1.29, 1.82) is 0 Å². The Morgan fingerprint density at radius 1 is 0.833 bits per heavy atom. The Balaban J connectivity index is 1.53. The van der Waals surface area contributed by atoms with Crippen LogP contribution >= 0.6 is 11.6 Å². The predicted molar refractivity (Wildman–Crippen MR) is 163 cm³/mol. The van der Waals surface area contributed by atoms with E-state index in [0.717, 1.165) is 28.5 Å². The number of alkyl halides is 3. The summed E-state index contributed by atoms with van der Waals surface area (Å²) in [5.74, 6) is 0.729. The van der Waals surface area contributed by atoms with Crippen LogP contribution in [0.2, 0.25) is 5.02 Å².